The maximum absolute atomic E-state index is 13.2. The topological polar surface area (TPSA) is 161 Å². The number of nitrogens with zero attached hydrogens (tertiary/aromatic N) is 4. The van der Waals surface area contributed by atoms with Gasteiger partial charge in [-0.2, -0.15) is 0 Å². The molecule has 4 aromatic rings. The zero-order valence-corrected chi connectivity index (χ0v) is 26.6. The Morgan fingerprint density at radius 1 is 1.15 bits per heavy atom. The van der Waals surface area contributed by atoms with Crippen molar-refractivity contribution in [2.24, 2.45) is 5.73 Å². The summed E-state index contributed by atoms with van der Waals surface area (Å²) in [5.74, 6) is 0.698. The number of anilines is 2. The van der Waals surface area contributed by atoms with Gasteiger partial charge in [0, 0.05) is 35.5 Å². The molecule has 1 saturated heterocycles. The number of benzene rings is 2. The highest BCUT2D eigenvalue weighted by Gasteiger charge is 2.39. The summed E-state index contributed by atoms with van der Waals surface area (Å²) in [6.45, 7) is 5.36. The molecule has 46 heavy (non-hydrogen) atoms. The summed E-state index contributed by atoms with van der Waals surface area (Å²) in [5.41, 5.74) is 10.3. The first-order valence-corrected chi connectivity index (χ1v) is 15.6. The normalized spacial score (nSPS) is 17.7. The molecule has 5 N–H and O–H groups in total. The Morgan fingerprint density at radius 2 is 1.96 bits per heavy atom. The van der Waals surface area contributed by atoms with E-state index in [-0.39, 0.29) is 41.7 Å². The number of carbonyl (C=O) groups is 2. The van der Waals surface area contributed by atoms with Crippen LogP contribution in [0.2, 0.25) is 0 Å². The number of methoxy groups -OCH3 is 1. The molecule has 0 radical (unpaired) electrons. The predicted molar refractivity (Wildman–Crippen MR) is 174 cm³/mol. The molecule has 3 heterocycles. The van der Waals surface area contributed by atoms with E-state index in [9.17, 15) is 9.59 Å². The summed E-state index contributed by atoms with van der Waals surface area (Å²) in [5, 5.41) is 13.4. The first-order chi connectivity index (χ1) is 22.1. The number of ether oxygens (including phenoxy) is 1. The number of rotatable bonds is 9. The van der Waals surface area contributed by atoms with Gasteiger partial charge in [0.15, 0.2) is 11.5 Å². The molecular formula is C34H40N8O4. The Kier molecular flexibility index (Phi) is 8.74. The van der Waals surface area contributed by atoms with E-state index in [0.29, 0.717) is 46.4 Å². The van der Waals surface area contributed by atoms with Gasteiger partial charge in [0.25, 0.3) is 11.8 Å². The molecule has 1 aliphatic heterocycles. The van der Waals surface area contributed by atoms with Gasteiger partial charge < -0.3 is 30.9 Å². The van der Waals surface area contributed by atoms with E-state index in [0.717, 1.165) is 36.9 Å². The molecule has 1 unspecified atom stereocenters. The Hall–Kier alpha value is -4.81. The molecule has 2 atom stereocenters. The second-order valence-corrected chi connectivity index (χ2v) is 12.6. The molecule has 2 amide bonds. The fourth-order valence-electron chi connectivity index (χ4n) is 6.14. The van der Waals surface area contributed by atoms with Crippen LogP contribution in [0.1, 0.15) is 76.7 Å². The van der Waals surface area contributed by atoms with Gasteiger partial charge in [-0.3, -0.25) is 14.5 Å². The maximum atomic E-state index is 13.2. The fraction of sp³-hybridized carbons (Fsp3) is 0.382. The van der Waals surface area contributed by atoms with Gasteiger partial charge in [-0.1, -0.05) is 49.3 Å². The maximum Gasteiger partial charge on any atom is 0.273 e. The van der Waals surface area contributed by atoms with E-state index in [1.165, 1.54) is 0 Å². The van der Waals surface area contributed by atoms with E-state index in [4.69, 9.17) is 20.0 Å². The van der Waals surface area contributed by atoms with Gasteiger partial charge in [0.2, 0.25) is 5.95 Å². The molecule has 12 nitrogen and oxygen atoms in total. The Morgan fingerprint density at radius 3 is 2.72 bits per heavy atom. The molecular weight excluding hydrogens is 584 g/mol. The van der Waals surface area contributed by atoms with Crippen LogP contribution in [0.4, 0.5) is 11.6 Å². The van der Waals surface area contributed by atoms with E-state index in [1.54, 1.807) is 31.5 Å². The summed E-state index contributed by atoms with van der Waals surface area (Å²) in [4.78, 5) is 37.8. The van der Waals surface area contributed by atoms with Crippen LogP contribution in [0.5, 0.6) is 5.75 Å². The highest BCUT2D eigenvalue weighted by molar-refractivity contribution is 5.96. The second kappa shape index (κ2) is 12.9. The number of likely N-dealkylation sites (tertiary alicyclic amines) is 1. The zero-order valence-electron chi connectivity index (χ0n) is 26.6. The lowest BCUT2D eigenvalue weighted by molar-refractivity contribution is 0.0828. The summed E-state index contributed by atoms with van der Waals surface area (Å²) in [6.07, 6.45) is 5.45. The van der Waals surface area contributed by atoms with E-state index < -0.39 is 0 Å². The molecule has 1 aliphatic carbocycles. The number of nitrogens with two attached hydrogens (primary N) is 1. The molecule has 6 rings (SSSR count). The Bertz CT molecular complexity index is 1740. The first-order valence-electron chi connectivity index (χ1n) is 15.6. The minimum atomic E-state index is -0.388. The smallest absolute Gasteiger partial charge is 0.273 e. The minimum absolute atomic E-state index is 0.0117. The van der Waals surface area contributed by atoms with Gasteiger partial charge in [0.1, 0.15) is 11.4 Å². The quantitative estimate of drug-likeness (QED) is 0.211. The molecule has 2 aromatic heterocycles. The third kappa shape index (κ3) is 6.31. The van der Waals surface area contributed by atoms with Crippen molar-refractivity contribution in [1.29, 1.82) is 0 Å². The average Bonchev–Trinajstić information content (AvgIpc) is 3.48. The van der Waals surface area contributed by atoms with Crippen molar-refractivity contribution >= 4 is 23.5 Å². The van der Waals surface area contributed by atoms with Crippen molar-refractivity contribution in [2.45, 2.75) is 57.2 Å². The molecule has 2 aliphatic rings. The number of hydrogen-bond donors (Lipinski definition) is 4. The van der Waals surface area contributed by atoms with Crippen LogP contribution in [-0.4, -0.2) is 65.3 Å². The lowest BCUT2D eigenvalue weighted by atomic mass is 9.74. The van der Waals surface area contributed by atoms with Gasteiger partial charge in [0.05, 0.1) is 19.0 Å². The largest absolute Gasteiger partial charge is 0.495 e. The van der Waals surface area contributed by atoms with E-state index in [2.05, 4.69) is 44.8 Å². The molecule has 240 valence electrons. The third-order valence-electron chi connectivity index (χ3n) is 8.84. The van der Waals surface area contributed by atoms with Crippen molar-refractivity contribution in [2.75, 3.05) is 32.6 Å². The summed E-state index contributed by atoms with van der Waals surface area (Å²) < 4.78 is 11.4. The van der Waals surface area contributed by atoms with Gasteiger partial charge in [-0.05, 0) is 68.5 Å². The molecule has 2 aromatic carbocycles. The van der Waals surface area contributed by atoms with Crippen LogP contribution in [0.25, 0.3) is 11.5 Å². The van der Waals surface area contributed by atoms with Crippen LogP contribution in [0.15, 0.2) is 59.3 Å². The summed E-state index contributed by atoms with van der Waals surface area (Å²) in [7, 11) is 3.57. The molecule has 0 saturated carbocycles. The van der Waals surface area contributed by atoms with E-state index >= 15 is 0 Å². The second-order valence-electron chi connectivity index (χ2n) is 12.6. The van der Waals surface area contributed by atoms with Crippen LogP contribution >= 0.6 is 0 Å². The number of hydrogen-bond acceptors (Lipinski definition) is 10. The van der Waals surface area contributed by atoms with Crippen molar-refractivity contribution in [3.05, 3.63) is 82.7 Å². The fourth-order valence-corrected chi connectivity index (χ4v) is 6.14. The Labute approximate surface area is 268 Å². The van der Waals surface area contributed by atoms with Crippen molar-refractivity contribution in [3.63, 3.8) is 0 Å². The standard InChI is InChI=1S/C34H40N8O4/c1-34(2)17-22-28(32(44)36-19-24(35)20-10-6-5-7-11-20)41-46-30(22)29-23(34)18-37-33(40-29)38-25-14-13-21(16-26(25)45-4)31(43)39-27-12-8-9-15-42(27)3/h5-7,10-11,13-14,16,18,24,27H,8-9,12,15,17,19,35H2,1-4H3,(H,36,44)(H,39,43)(H,37,38,40)/t24-,27?/m0/s1. The lowest BCUT2D eigenvalue weighted by Crippen LogP contribution is -2.48. The van der Waals surface area contributed by atoms with Gasteiger partial charge in [-0.15, -0.1) is 0 Å². The minimum Gasteiger partial charge on any atom is -0.495 e. The number of amides is 2. The monoisotopic (exact) mass is 624 g/mol. The molecule has 1 fully saturated rings. The van der Waals surface area contributed by atoms with Crippen molar-refractivity contribution < 1.29 is 18.8 Å². The highest BCUT2D eigenvalue weighted by Crippen LogP contribution is 2.43. The van der Waals surface area contributed by atoms with E-state index in [1.807, 2.05) is 37.4 Å². The van der Waals surface area contributed by atoms with Crippen molar-refractivity contribution in [1.82, 2.24) is 30.7 Å². The Balaban J connectivity index is 1.21. The molecule has 12 heteroatoms. The lowest BCUT2D eigenvalue weighted by Gasteiger charge is -2.32. The number of fused-ring (bicyclic) bond motifs is 3. The number of nitrogens with one attached hydrogen (secondary N) is 3. The average molecular weight is 625 g/mol. The molecule has 0 spiro atoms. The zero-order chi connectivity index (χ0) is 32.4. The number of piperidine rings is 1. The van der Waals surface area contributed by atoms with Crippen LogP contribution < -0.4 is 26.4 Å². The van der Waals surface area contributed by atoms with Crippen LogP contribution in [0.3, 0.4) is 0 Å². The number of aromatic nitrogens is 3. The van der Waals surface area contributed by atoms with Crippen LogP contribution in [-0.2, 0) is 11.8 Å². The number of carbonyl (C=O) groups excluding carboxylic acids is 2. The van der Waals surface area contributed by atoms with Crippen LogP contribution in [0, 0.1) is 0 Å². The van der Waals surface area contributed by atoms with Crippen molar-refractivity contribution in [3.8, 4) is 17.2 Å². The summed E-state index contributed by atoms with van der Waals surface area (Å²) >= 11 is 0. The predicted octanol–water partition coefficient (Wildman–Crippen LogP) is 4.32. The third-order valence-corrected chi connectivity index (χ3v) is 8.84. The first kappa shape index (κ1) is 31.2. The summed E-state index contributed by atoms with van der Waals surface area (Å²) in [6, 6.07) is 14.5. The SMILES string of the molecule is COc1cc(C(=O)NC2CCCCN2C)ccc1Nc1ncc2c(n1)-c1onc(C(=O)NC[C@H](N)c3ccccc3)c1CC2(C)C. The van der Waals surface area contributed by atoms with Gasteiger partial charge in [-0.25, -0.2) is 9.97 Å². The molecule has 0 bridgehead atoms. The highest BCUT2D eigenvalue weighted by atomic mass is 16.5. The van der Waals surface area contributed by atoms with Gasteiger partial charge >= 0.3 is 0 Å².